The summed E-state index contributed by atoms with van der Waals surface area (Å²) in [6.45, 7) is 8.47. The molecule has 0 bridgehead atoms. The third-order valence-corrected chi connectivity index (χ3v) is 2.43. The van der Waals surface area contributed by atoms with Crippen molar-refractivity contribution in [3.63, 3.8) is 0 Å². The molecule has 0 spiro atoms. The summed E-state index contributed by atoms with van der Waals surface area (Å²) in [7, 11) is 0. The fourth-order valence-electron chi connectivity index (χ4n) is 1.59. The van der Waals surface area contributed by atoms with Gasteiger partial charge in [-0.2, -0.15) is 4.98 Å². The molecule has 1 N–H and O–H groups in total. The molecular formula is C12H21FN4. The third-order valence-electron chi connectivity index (χ3n) is 2.43. The Morgan fingerprint density at radius 3 is 2.65 bits per heavy atom. The Bertz CT molecular complexity index is 343. The lowest BCUT2D eigenvalue weighted by Gasteiger charge is -2.21. The molecule has 1 rings (SSSR count). The Morgan fingerprint density at radius 2 is 2.06 bits per heavy atom. The monoisotopic (exact) mass is 240 g/mol. The van der Waals surface area contributed by atoms with Crippen molar-refractivity contribution in [3.8, 4) is 0 Å². The van der Waals surface area contributed by atoms with Crippen LogP contribution in [-0.2, 0) is 0 Å². The lowest BCUT2D eigenvalue weighted by atomic mass is 10.4. The van der Waals surface area contributed by atoms with Crippen LogP contribution in [0.4, 0.5) is 16.2 Å². The molecule has 96 valence electrons. The van der Waals surface area contributed by atoms with E-state index in [1.165, 1.54) is 6.20 Å². The van der Waals surface area contributed by atoms with Gasteiger partial charge in [0.2, 0.25) is 5.95 Å². The van der Waals surface area contributed by atoms with Crippen molar-refractivity contribution in [2.75, 3.05) is 29.9 Å². The minimum Gasteiger partial charge on any atom is -0.354 e. The summed E-state index contributed by atoms with van der Waals surface area (Å²) < 4.78 is 13.7. The zero-order valence-corrected chi connectivity index (χ0v) is 10.8. The van der Waals surface area contributed by atoms with Crippen LogP contribution in [0.25, 0.3) is 0 Å². The Hall–Kier alpha value is -1.39. The molecule has 0 fully saturated rings. The second kappa shape index (κ2) is 7.04. The zero-order chi connectivity index (χ0) is 12.7. The smallest absolute Gasteiger partial charge is 0.224 e. The summed E-state index contributed by atoms with van der Waals surface area (Å²) >= 11 is 0. The summed E-state index contributed by atoms with van der Waals surface area (Å²) in [4.78, 5) is 10.1. The number of nitrogens with one attached hydrogen (secondary N) is 1. The number of hydrogen-bond donors (Lipinski definition) is 1. The van der Waals surface area contributed by atoms with E-state index in [-0.39, 0.29) is 5.82 Å². The van der Waals surface area contributed by atoms with Crippen LogP contribution in [0, 0.1) is 5.82 Å². The van der Waals surface area contributed by atoms with Gasteiger partial charge in [0.25, 0.3) is 0 Å². The average molecular weight is 240 g/mol. The molecule has 0 unspecified atom stereocenters. The van der Waals surface area contributed by atoms with Gasteiger partial charge in [-0.25, -0.2) is 9.37 Å². The molecular weight excluding hydrogens is 219 g/mol. The molecule has 0 aliphatic heterocycles. The molecule has 0 radical (unpaired) electrons. The summed E-state index contributed by atoms with van der Waals surface area (Å²) in [6.07, 6.45) is 3.19. The highest BCUT2D eigenvalue weighted by Gasteiger charge is 2.12. The van der Waals surface area contributed by atoms with E-state index in [4.69, 9.17) is 0 Å². The van der Waals surface area contributed by atoms with Crippen LogP contribution in [-0.4, -0.2) is 29.6 Å². The highest BCUT2D eigenvalue weighted by Crippen LogP contribution is 2.17. The molecule has 5 heteroatoms. The standard InChI is InChI=1S/C12H21FN4/c1-4-7-14-12-15-9-10(13)11(16-12)17(6-3)8-5-2/h9H,4-8H2,1-3H3,(H,14,15,16). The molecule has 0 aromatic carbocycles. The van der Waals surface area contributed by atoms with Gasteiger partial charge >= 0.3 is 0 Å². The van der Waals surface area contributed by atoms with Crippen molar-refractivity contribution >= 4 is 11.8 Å². The van der Waals surface area contributed by atoms with Crippen molar-refractivity contribution in [3.05, 3.63) is 12.0 Å². The number of rotatable bonds is 7. The third kappa shape index (κ3) is 3.84. The predicted octanol–water partition coefficient (Wildman–Crippen LogP) is 2.67. The second-order valence-electron chi connectivity index (χ2n) is 3.87. The Kier molecular flexibility index (Phi) is 5.66. The van der Waals surface area contributed by atoms with Gasteiger partial charge < -0.3 is 10.2 Å². The number of halogens is 1. The lowest BCUT2D eigenvalue weighted by Crippen LogP contribution is -2.26. The van der Waals surface area contributed by atoms with Gasteiger partial charge in [0, 0.05) is 19.6 Å². The predicted molar refractivity (Wildman–Crippen MR) is 68.9 cm³/mol. The first-order chi connectivity index (χ1) is 8.22. The number of hydrogen-bond acceptors (Lipinski definition) is 4. The normalized spacial score (nSPS) is 10.4. The molecule has 0 atom stereocenters. The molecule has 0 aliphatic carbocycles. The Balaban J connectivity index is 2.87. The largest absolute Gasteiger partial charge is 0.354 e. The maximum absolute atomic E-state index is 13.7. The van der Waals surface area contributed by atoms with Gasteiger partial charge in [-0.3, -0.25) is 0 Å². The molecule has 1 heterocycles. The van der Waals surface area contributed by atoms with Crippen LogP contribution in [0.5, 0.6) is 0 Å². The van der Waals surface area contributed by atoms with Gasteiger partial charge in [-0.15, -0.1) is 0 Å². The molecule has 0 amide bonds. The van der Waals surface area contributed by atoms with Crippen molar-refractivity contribution in [1.82, 2.24) is 9.97 Å². The number of anilines is 2. The first kappa shape index (κ1) is 13.7. The van der Waals surface area contributed by atoms with Crippen molar-refractivity contribution in [2.24, 2.45) is 0 Å². The van der Waals surface area contributed by atoms with E-state index >= 15 is 0 Å². The molecule has 4 nitrogen and oxygen atoms in total. The van der Waals surface area contributed by atoms with Gasteiger partial charge in [0.15, 0.2) is 11.6 Å². The number of aromatic nitrogens is 2. The molecule has 0 saturated carbocycles. The van der Waals surface area contributed by atoms with E-state index in [0.717, 1.165) is 32.5 Å². The topological polar surface area (TPSA) is 41.1 Å². The number of nitrogens with zero attached hydrogens (tertiary/aromatic N) is 3. The maximum Gasteiger partial charge on any atom is 0.224 e. The van der Waals surface area contributed by atoms with Crippen LogP contribution in [0.3, 0.4) is 0 Å². The molecule has 17 heavy (non-hydrogen) atoms. The fourth-order valence-corrected chi connectivity index (χ4v) is 1.59. The molecule has 1 aromatic heterocycles. The van der Waals surface area contributed by atoms with E-state index in [2.05, 4.69) is 29.1 Å². The lowest BCUT2D eigenvalue weighted by molar-refractivity contribution is 0.601. The maximum atomic E-state index is 13.7. The highest BCUT2D eigenvalue weighted by atomic mass is 19.1. The van der Waals surface area contributed by atoms with Crippen molar-refractivity contribution in [2.45, 2.75) is 33.6 Å². The van der Waals surface area contributed by atoms with Crippen LogP contribution in [0.1, 0.15) is 33.6 Å². The van der Waals surface area contributed by atoms with Crippen LogP contribution < -0.4 is 10.2 Å². The summed E-state index contributed by atoms with van der Waals surface area (Å²) in [5, 5.41) is 3.07. The summed E-state index contributed by atoms with van der Waals surface area (Å²) in [5.41, 5.74) is 0. The minimum absolute atomic E-state index is 0.359. The molecule has 0 aliphatic rings. The minimum atomic E-state index is -0.359. The van der Waals surface area contributed by atoms with Gasteiger partial charge in [-0.05, 0) is 19.8 Å². The van der Waals surface area contributed by atoms with Crippen LogP contribution in [0.2, 0.25) is 0 Å². The zero-order valence-electron chi connectivity index (χ0n) is 10.8. The van der Waals surface area contributed by atoms with Gasteiger partial charge in [0.1, 0.15) is 0 Å². The summed E-state index contributed by atoms with van der Waals surface area (Å²) in [6, 6.07) is 0. The first-order valence-corrected chi connectivity index (χ1v) is 6.24. The SMILES string of the molecule is CCCNc1ncc(F)c(N(CC)CCC)n1. The molecule has 1 aromatic rings. The van der Waals surface area contributed by atoms with Gasteiger partial charge in [-0.1, -0.05) is 13.8 Å². The molecule has 0 saturated heterocycles. The van der Waals surface area contributed by atoms with Crippen molar-refractivity contribution < 1.29 is 4.39 Å². The highest BCUT2D eigenvalue weighted by molar-refractivity contribution is 5.43. The van der Waals surface area contributed by atoms with Crippen LogP contribution in [0.15, 0.2) is 6.20 Å². The van der Waals surface area contributed by atoms with Gasteiger partial charge in [0.05, 0.1) is 6.20 Å². The van der Waals surface area contributed by atoms with E-state index in [1.807, 2.05) is 11.8 Å². The average Bonchev–Trinajstić information content (AvgIpc) is 2.35. The summed E-state index contributed by atoms with van der Waals surface area (Å²) in [5.74, 6) is 0.531. The van der Waals surface area contributed by atoms with E-state index in [0.29, 0.717) is 11.8 Å². The fraction of sp³-hybridized carbons (Fsp3) is 0.667. The van der Waals surface area contributed by atoms with E-state index in [9.17, 15) is 4.39 Å². The Labute approximate surface area is 102 Å². The Morgan fingerprint density at radius 1 is 1.29 bits per heavy atom. The first-order valence-electron chi connectivity index (χ1n) is 6.24. The quantitative estimate of drug-likeness (QED) is 0.795. The second-order valence-corrected chi connectivity index (χ2v) is 3.87. The van der Waals surface area contributed by atoms with Crippen LogP contribution >= 0.6 is 0 Å². The van der Waals surface area contributed by atoms with Crippen molar-refractivity contribution in [1.29, 1.82) is 0 Å². The van der Waals surface area contributed by atoms with E-state index in [1.54, 1.807) is 0 Å². The van der Waals surface area contributed by atoms with E-state index < -0.39 is 0 Å².